The Morgan fingerprint density at radius 2 is 0.780 bits per heavy atom. The lowest BCUT2D eigenvalue weighted by atomic mass is 9.80. The Bertz CT molecular complexity index is 3990. The number of benzene rings is 7. The van der Waals surface area contributed by atoms with Crippen LogP contribution in [-0.4, -0.2) is 0 Å². The first-order valence-corrected chi connectivity index (χ1v) is 30.0. The van der Waals surface area contributed by atoms with Gasteiger partial charge in [0.2, 0.25) is 0 Å². The van der Waals surface area contributed by atoms with Crippen molar-refractivity contribution < 1.29 is 0 Å². The van der Waals surface area contributed by atoms with Crippen molar-refractivity contribution in [2.75, 3.05) is 0 Å². The molecule has 0 aromatic heterocycles. The minimum Gasteiger partial charge on any atom is -0.0842 e. The maximum Gasteiger partial charge on any atom is 0.00618 e. The first kappa shape index (κ1) is 52.3. The Kier molecular flexibility index (Phi) is 15.8. The van der Waals surface area contributed by atoms with E-state index in [-0.39, 0.29) is 5.92 Å². The summed E-state index contributed by atoms with van der Waals surface area (Å²) in [6.45, 7) is 0. The lowest BCUT2D eigenvalue weighted by Gasteiger charge is -2.24. The Morgan fingerprint density at radius 3 is 1.18 bits per heavy atom. The molecule has 0 spiro atoms. The van der Waals surface area contributed by atoms with Crippen molar-refractivity contribution >= 4 is 41.0 Å². The second-order valence-corrected chi connectivity index (χ2v) is 22.7. The van der Waals surface area contributed by atoms with Crippen molar-refractivity contribution in [3.63, 3.8) is 0 Å². The fourth-order valence-electron chi connectivity index (χ4n) is 13.0. The van der Waals surface area contributed by atoms with Crippen molar-refractivity contribution in [3.05, 3.63) is 351 Å². The third kappa shape index (κ3) is 11.9. The highest BCUT2D eigenvalue weighted by Gasteiger charge is 2.23. The topological polar surface area (TPSA) is 0 Å². The summed E-state index contributed by atoms with van der Waals surface area (Å²) in [6.07, 6.45) is 59.0. The zero-order chi connectivity index (χ0) is 54.9. The molecule has 0 amide bonds. The molecule has 82 heavy (non-hydrogen) atoms. The molecular weight excluding hydrogens is 985 g/mol. The van der Waals surface area contributed by atoms with Gasteiger partial charge in [-0.3, -0.25) is 0 Å². The van der Waals surface area contributed by atoms with Gasteiger partial charge >= 0.3 is 0 Å². The molecule has 0 heteroatoms. The molecule has 6 aliphatic carbocycles. The van der Waals surface area contributed by atoms with E-state index in [2.05, 4.69) is 291 Å². The first-order chi connectivity index (χ1) is 40.6. The second kappa shape index (κ2) is 24.7. The van der Waals surface area contributed by atoms with Gasteiger partial charge in [-0.05, 0) is 199 Å². The van der Waals surface area contributed by atoms with Crippen LogP contribution in [0.2, 0.25) is 0 Å². The fourth-order valence-corrected chi connectivity index (χ4v) is 13.0. The van der Waals surface area contributed by atoms with Crippen molar-refractivity contribution in [2.24, 2.45) is 11.8 Å². The second-order valence-electron chi connectivity index (χ2n) is 22.7. The lowest BCUT2D eigenvalue weighted by molar-refractivity contribution is 0.761. The SMILES string of the molecule is C1=CCCC(C(=Cc2ccc3c(c2)Cc2cc(C=C(C4=CCCC=C4)c4ccccc4)ccc2-c2ccc(C=C(c4ccccc4)C4C=CC=CC4)cc2Cc2cc(C=C(C4=CCCC=C4)c4ccccc4)ccc2-3)C2C=CC=CC2)=C1. The molecular formula is C82H70. The van der Waals surface area contributed by atoms with Crippen molar-refractivity contribution in [3.8, 4) is 22.3 Å². The first-order valence-electron chi connectivity index (χ1n) is 30.0. The van der Waals surface area contributed by atoms with Gasteiger partial charge in [0.05, 0.1) is 0 Å². The quantitative estimate of drug-likeness (QED) is 0.107. The largest absolute Gasteiger partial charge is 0.0842 e. The molecule has 2 atom stereocenters. The van der Waals surface area contributed by atoms with Crippen LogP contribution in [0.4, 0.5) is 0 Å². The fraction of sp³-hybridized carbons (Fsp3) is 0.146. The lowest BCUT2D eigenvalue weighted by Crippen LogP contribution is -2.07. The van der Waals surface area contributed by atoms with Crippen LogP contribution < -0.4 is 0 Å². The van der Waals surface area contributed by atoms with Gasteiger partial charge in [-0.1, -0.05) is 279 Å². The number of hydrogen-bond acceptors (Lipinski definition) is 0. The summed E-state index contributed by atoms with van der Waals surface area (Å²) in [7, 11) is 0. The van der Waals surface area contributed by atoms with E-state index >= 15 is 0 Å². The molecule has 0 bridgehead atoms. The van der Waals surface area contributed by atoms with E-state index < -0.39 is 0 Å². The Labute approximate surface area is 487 Å². The van der Waals surface area contributed by atoms with Gasteiger partial charge in [0.25, 0.3) is 0 Å². The number of hydrogen-bond donors (Lipinski definition) is 0. The molecule has 13 rings (SSSR count). The van der Waals surface area contributed by atoms with Gasteiger partial charge < -0.3 is 0 Å². The molecule has 398 valence electrons. The monoisotopic (exact) mass is 1050 g/mol. The summed E-state index contributed by atoms with van der Waals surface area (Å²) in [5.74, 6) is 0.625. The van der Waals surface area contributed by atoms with Crippen LogP contribution in [0, 0.1) is 11.8 Å². The van der Waals surface area contributed by atoms with Gasteiger partial charge in [-0.2, -0.15) is 0 Å². The molecule has 0 aliphatic heterocycles. The zero-order valence-corrected chi connectivity index (χ0v) is 46.9. The van der Waals surface area contributed by atoms with Gasteiger partial charge in [-0.25, -0.2) is 0 Å². The van der Waals surface area contributed by atoms with E-state index in [0.717, 1.165) is 64.2 Å². The Balaban J connectivity index is 1.03. The van der Waals surface area contributed by atoms with Gasteiger partial charge in [-0.15, -0.1) is 0 Å². The predicted molar refractivity (Wildman–Crippen MR) is 352 cm³/mol. The highest BCUT2D eigenvalue weighted by Crippen LogP contribution is 2.43. The van der Waals surface area contributed by atoms with Crippen LogP contribution in [0.15, 0.2) is 289 Å². The maximum absolute atomic E-state index is 2.53. The van der Waals surface area contributed by atoms with E-state index in [4.69, 9.17) is 0 Å². The van der Waals surface area contributed by atoms with Crippen LogP contribution in [0.1, 0.15) is 113 Å². The molecule has 0 fully saturated rings. The highest BCUT2D eigenvalue weighted by atomic mass is 14.3. The Morgan fingerprint density at radius 1 is 0.354 bits per heavy atom. The summed E-state index contributed by atoms with van der Waals surface area (Å²) in [6, 6.07) is 62.3. The number of rotatable bonds is 12. The van der Waals surface area contributed by atoms with Crippen LogP contribution >= 0.6 is 0 Å². The number of allylic oxidation sites excluding steroid dienone is 24. The summed E-state index contributed by atoms with van der Waals surface area (Å²) in [5.41, 5.74) is 28.4. The molecule has 0 N–H and O–H groups in total. The smallest absolute Gasteiger partial charge is 0.00618 e. The van der Waals surface area contributed by atoms with Crippen LogP contribution in [0.25, 0.3) is 63.3 Å². The van der Waals surface area contributed by atoms with E-state index in [1.807, 2.05) is 0 Å². The third-order valence-electron chi connectivity index (χ3n) is 17.2. The van der Waals surface area contributed by atoms with Gasteiger partial charge in [0, 0.05) is 11.8 Å². The molecule has 0 nitrogen and oxygen atoms in total. The minimum atomic E-state index is 0.288. The van der Waals surface area contributed by atoms with Crippen molar-refractivity contribution in [1.29, 1.82) is 0 Å². The molecule has 6 aliphatic rings. The summed E-state index contributed by atoms with van der Waals surface area (Å²) >= 11 is 0. The molecule has 0 heterocycles. The van der Waals surface area contributed by atoms with Crippen LogP contribution in [0.3, 0.4) is 0 Å². The van der Waals surface area contributed by atoms with E-state index in [9.17, 15) is 0 Å². The summed E-state index contributed by atoms with van der Waals surface area (Å²) in [4.78, 5) is 0. The van der Waals surface area contributed by atoms with E-state index in [1.165, 1.54) is 122 Å². The average molecular weight is 1060 g/mol. The highest BCUT2D eigenvalue weighted by molar-refractivity contribution is 5.95. The molecule has 7 aromatic rings. The molecule has 0 radical (unpaired) electrons. The van der Waals surface area contributed by atoms with Crippen LogP contribution in [-0.2, 0) is 12.8 Å². The van der Waals surface area contributed by atoms with E-state index in [1.54, 1.807) is 0 Å². The molecule has 2 unspecified atom stereocenters. The van der Waals surface area contributed by atoms with Crippen molar-refractivity contribution in [2.45, 2.75) is 64.2 Å². The van der Waals surface area contributed by atoms with Gasteiger partial charge in [0.15, 0.2) is 0 Å². The minimum absolute atomic E-state index is 0.288. The van der Waals surface area contributed by atoms with E-state index in [0.29, 0.717) is 5.92 Å². The van der Waals surface area contributed by atoms with Gasteiger partial charge in [0.1, 0.15) is 0 Å². The normalized spacial score (nSPS) is 18.7. The molecule has 7 aromatic carbocycles. The maximum atomic E-state index is 2.53. The molecule has 0 saturated carbocycles. The zero-order valence-electron chi connectivity index (χ0n) is 46.9. The summed E-state index contributed by atoms with van der Waals surface area (Å²) < 4.78 is 0. The number of fused-ring (bicyclic) bond motifs is 6. The average Bonchev–Trinajstić information content (AvgIpc) is 3.66. The Hall–Kier alpha value is -9.10. The third-order valence-corrected chi connectivity index (χ3v) is 17.2. The molecule has 0 saturated heterocycles. The predicted octanol–water partition coefficient (Wildman–Crippen LogP) is 21.6. The van der Waals surface area contributed by atoms with Crippen LogP contribution in [0.5, 0.6) is 0 Å². The summed E-state index contributed by atoms with van der Waals surface area (Å²) in [5, 5.41) is 0. The standard InChI is InChI=1S/C82H70/c1-9-25-63(26-10-1)79(64-27-11-2-12-28-64)53-59-41-45-75-71(49-59)57-72-50-60(54-80(65-29-13-3-14-30-65)66-31-15-4-16-32-66)43-47-77(72)78-48-44-62(56-82(69-37-21-7-22-38-69)70-39-23-8-24-40-70)52-74(78)58-73-51-61(42-46-76(73)75)55-81(67-33-17-5-18-34-67)68-35-19-6-20-36-68/h1-3,5,7-15,17-19,21-23,25-27,29-37,39,41-56,64,69H,4,6,16,20,24,28,38,40,57-58H2. The van der Waals surface area contributed by atoms with Crippen molar-refractivity contribution in [1.82, 2.24) is 0 Å².